The first-order valence-corrected chi connectivity index (χ1v) is 8.49. The number of rotatable bonds is 0. The van der Waals surface area contributed by atoms with Gasteiger partial charge in [0, 0.05) is 26.4 Å². The zero-order valence-corrected chi connectivity index (χ0v) is 16.6. The van der Waals surface area contributed by atoms with Crippen LogP contribution in [0.15, 0.2) is 60.7 Å². The molecule has 0 N–H and O–H groups in total. The van der Waals surface area contributed by atoms with Crippen molar-refractivity contribution in [2.24, 2.45) is 0 Å². The van der Waals surface area contributed by atoms with Crippen molar-refractivity contribution in [2.45, 2.75) is 38.5 Å². The number of hydrogen-bond acceptors (Lipinski definition) is 2. The van der Waals surface area contributed by atoms with Crippen LogP contribution in [0.25, 0.3) is 0 Å². The summed E-state index contributed by atoms with van der Waals surface area (Å²) in [6.07, 6.45) is 7.86. The maximum atomic E-state index is 5.07. The number of ether oxygens (including phenoxy) is 2. The molecule has 0 aromatic heterocycles. The molecule has 23 heavy (non-hydrogen) atoms. The van der Waals surface area contributed by atoms with E-state index in [0.717, 1.165) is 26.4 Å². The van der Waals surface area contributed by atoms with Crippen LogP contribution < -0.4 is 0 Å². The monoisotopic (exact) mass is 342 g/mol. The predicted molar refractivity (Wildman–Crippen MR) is 99.2 cm³/mol. The summed E-state index contributed by atoms with van der Waals surface area (Å²) < 4.78 is 10.1. The predicted octanol–water partition coefficient (Wildman–Crippen LogP) is 4.80. The van der Waals surface area contributed by atoms with Crippen LogP contribution in [0.5, 0.6) is 0 Å². The molecule has 2 heterocycles. The van der Waals surface area contributed by atoms with Crippen molar-refractivity contribution in [3.8, 4) is 0 Å². The molecule has 0 unspecified atom stereocenters. The Labute approximate surface area is 171 Å². The van der Waals surface area contributed by atoms with Crippen molar-refractivity contribution >= 4 is 37.7 Å². The van der Waals surface area contributed by atoms with Gasteiger partial charge in [0.1, 0.15) is 0 Å². The molecule has 4 rings (SSSR count). The van der Waals surface area contributed by atoms with Gasteiger partial charge in [-0.25, -0.2) is 24.3 Å². The van der Waals surface area contributed by atoms with Gasteiger partial charge >= 0.3 is 37.7 Å². The van der Waals surface area contributed by atoms with Crippen LogP contribution in [0, 0.1) is 0 Å². The molecule has 2 saturated heterocycles. The van der Waals surface area contributed by atoms with E-state index in [9.17, 15) is 0 Å². The van der Waals surface area contributed by atoms with Crippen LogP contribution in [0.3, 0.4) is 0 Å². The smallest absolute Gasteiger partial charge is 0.381 e. The molecule has 0 bridgehead atoms. The van der Waals surface area contributed by atoms with E-state index in [-0.39, 0.29) is 37.7 Å². The van der Waals surface area contributed by atoms with Crippen molar-refractivity contribution in [1.29, 1.82) is 0 Å². The maximum Gasteiger partial charge on any atom is 2.00 e. The van der Waals surface area contributed by atoms with Gasteiger partial charge in [-0.05, 0) is 38.5 Å². The molecule has 2 aliphatic heterocycles. The molecule has 0 atom stereocenters. The van der Waals surface area contributed by atoms with Crippen LogP contribution in [-0.4, -0.2) is 64.2 Å². The Morgan fingerprint density at radius 3 is 0.870 bits per heavy atom. The number of hydrogen-bond donors (Lipinski definition) is 0. The second-order valence-electron chi connectivity index (χ2n) is 5.27. The quantitative estimate of drug-likeness (QED) is 0.505. The molecule has 0 aliphatic carbocycles. The minimum Gasteiger partial charge on any atom is -0.381 e. The molecular weight excluding hydrogens is 312 g/mol. The van der Waals surface area contributed by atoms with Crippen LogP contribution >= 0.6 is 0 Å². The van der Waals surface area contributed by atoms with Gasteiger partial charge in [-0.2, -0.15) is 36.4 Å². The molecule has 2 aromatic carbocycles. The molecule has 0 amide bonds. The molecule has 3 heteroatoms. The maximum absolute atomic E-state index is 5.07. The summed E-state index contributed by atoms with van der Waals surface area (Å²) in [5, 5.41) is 0. The van der Waals surface area contributed by atoms with E-state index in [1.807, 2.05) is 60.7 Å². The fourth-order valence-corrected chi connectivity index (χ4v) is 2.02. The first-order valence-electron chi connectivity index (χ1n) is 8.49. The van der Waals surface area contributed by atoms with Gasteiger partial charge in [-0.1, -0.05) is 0 Å². The largest absolute Gasteiger partial charge is 2.00 e. The molecule has 2 aromatic rings. The van der Waals surface area contributed by atoms with Gasteiger partial charge < -0.3 is 9.47 Å². The molecule has 124 valence electrons. The summed E-state index contributed by atoms with van der Waals surface area (Å²) in [7, 11) is 0. The standard InChI is InChI=1S/2C5H10O.2C5H5.Ca/c2*1-2-4-6-5-3-1;2*1-2-4-5-3-1;/h2*1-5H2;2*1-5H;/q;;2*-1;+2. The summed E-state index contributed by atoms with van der Waals surface area (Å²) in [6.45, 7) is 4.00. The van der Waals surface area contributed by atoms with Crippen molar-refractivity contribution in [3.05, 3.63) is 60.7 Å². The van der Waals surface area contributed by atoms with Crippen LogP contribution in [0.1, 0.15) is 38.5 Å². The third-order valence-electron chi connectivity index (χ3n) is 3.27. The zero-order chi connectivity index (χ0) is 15.6. The minimum absolute atomic E-state index is 0. The Bertz CT molecular complexity index is 267. The Kier molecular flexibility index (Phi) is 19.8. The van der Waals surface area contributed by atoms with Gasteiger partial charge in [-0.15, -0.1) is 0 Å². The summed E-state index contributed by atoms with van der Waals surface area (Å²) >= 11 is 0. The fourth-order valence-electron chi connectivity index (χ4n) is 2.02. The topological polar surface area (TPSA) is 18.5 Å². The second kappa shape index (κ2) is 19.9. The summed E-state index contributed by atoms with van der Waals surface area (Å²) in [6, 6.07) is 20.0. The van der Waals surface area contributed by atoms with E-state index in [4.69, 9.17) is 9.47 Å². The average molecular weight is 343 g/mol. The SMILES string of the molecule is C1CCOCC1.C1CCOCC1.[Ca+2].c1cc[cH-]c1.c1cc[cH-]c1. The normalized spacial score (nSPS) is 16.0. The first-order chi connectivity index (χ1) is 11.0. The van der Waals surface area contributed by atoms with Gasteiger partial charge in [0.2, 0.25) is 0 Å². The molecule has 0 spiro atoms. The zero-order valence-electron chi connectivity index (χ0n) is 14.4. The van der Waals surface area contributed by atoms with Gasteiger partial charge in [0.05, 0.1) is 0 Å². The molecule has 2 nitrogen and oxygen atoms in total. The van der Waals surface area contributed by atoms with Crippen molar-refractivity contribution in [3.63, 3.8) is 0 Å². The molecule has 2 aliphatic rings. The third kappa shape index (κ3) is 18.1. The average Bonchev–Trinajstić information content (AvgIpc) is 3.37. The fraction of sp³-hybridized carbons (Fsp3) is 0.500. The Morgan fingerprint density at radius 1 is 0.478 bits per heavy atom. The Hall–Kier alpha value is -0.120. The second-order valence-corrected chi connectivity index (χ2v) is 5.27. The Morgan fingerprint density at radius 2 is 0.783 bits per heavy atom. The Balaban J connectivity index is 0.000000278. The van der Waals surface area contributed by atoms with Crippen LogP contribution in [-0.2, 0) is 9.47 Å². The summed E-state index contributed by atoms with van der Waals surface area (Å²) in [5.41, 5.74) is 0. The molecule has 0 saturated carbocycles. The van der Waals surface area contributed by atoms with Gasteiger partial charge in [0.15, 0.2) is 0 Å². The van der Waals surface area contributed by atoms with E-state index in [1.54, 1.807) is 0 Å². The van der Waals surface area contributed by atoms with Crippen LogP contribution in [0.2, 0.25) is 0 Å². The van der Waals surface area contributed by atoms with E-state index in [0.29, 0.717) is 0 Å². The van der Waals surface area contributed by atoms with Crippen molar-refractivity contribution in [1.82, 2.24) is 0 Å². The molecular formula is C20H30CaO2. The van der Waals surface area contributed by atoms with Gasteiger partial charge in [0.25, 0.3) is 0 Å². The van der Waals surface area contributed by atoms with Crippen molar-refractivity contribution in [2.75, 3.05) is 26.4 Å². The van der Waals surface area contributed by atoms with E-state index >= 15 is 0 Å². The van der Waals surface area contributed by atoms with E-state index in [2.05, 4.69) is 0 Å². The van der Waals surface area contributed by atoms with Gasteiger partial charge in [-0.3, -0.25) is 0 Å². The van der Waals surface area contributed by atoms with E-state index in [1.165, 1.54) is 38.5 Å². The summed E-state index contributed by atoms with van der Waals surface area (Å²) in [4.78, 5) is 0. The third-order valence-corrected chi connectivity index (χ3v) is 3.27. The molecule has 0 radical (unpaired) electrons. The van der Waals surface area contributed by atoms with E-state index < -0.39 is 0 Å². The molecule has 2 fully saturated rings. The summed E-state index contributed by atoms with van der Waals surface area (Å²) in [5.74, 6) is 0. The van der Waals surface area contributed by atoms with Crippen molar-refractivity contribution < 1.29 is 9.47 Å². The van der Waals surface area contributed by atoms with Crippen LogP contribution in [0.4, 0.5) is 0 Å². The minimum atomic E-state index is 0. The first kappa shape index (κ1) is 22.9.